The minimum Gasteiger partial charge on any atom is -0.465 e. The summed E-state index contributed by atoms with van der Waals surface area (Å²) >= 11 is 0. The van der Waals surface area contributed by atoms with Crippen LogP contribution in [0.1, 0.15) is 54.9 Å². The van der Waals surface area contributed by atoms with Gasteiger partial charge in [-0.3, -0.25) is 9.59 Å². The third kappa shape index (κ3) is 3.88. The quantitative estimate of drug-likeness (QED) is 0.693. The van der Waals surface area contributed by atoms with Gasteiger partial charge in [-0.05, 0) is 36.6 Å². The Labute approximate surface area is 145 Å². The first-order valence-corrected chi connectivity index (χ1v) is 7.85. The third-order valence-electron chi connectivity index (χ3n) is 3.96. The molecule has 0 saturated carbocycles. The maximum absolute atomic E-state index is 12.5. The maximum atomic E-state index is 12.5. The number of ether oxygens (including phenoxy) is 1. The molecule has 0 atom stereocenters. The standard InChI is InChI=1S/C18H21N3O4/c1-4-13-14(18(24)25-3)10(2)15(21-13)17(23)20-9-11-6-5-7-12(8-11)16(19)22/h5-8,21H,4,9H2,1-3H3,(H2,19,22)(H,20,23). The molecule has 1 aromatic heterocycles. The fourth-order valence-electron chi connectivity index (χ4n) is 2.63. The van der Waals surface area contributed by atoms with Crippen LogP contribution < -0.4 is 11.1 Å². The van der Waals surface area contributed by atoms with Crippen LogP contribution in [0.3, 0.4) is 0 Å². The summed E-state index contributed by atoms with van der Waals surface area (Å²) in [6.45, 7) is 3.81. The normalized spacial score (nSPS) is 10.4. The van der Waals surface area contributed by atoms with Crippen LogP contribution >= 0.6 is 0 Å². The highest BCUT2D eigenvalue weighted by Gasteiger charge is 2.23. The van der Waals surface area contributed by atoms with E-state index in [1.165, 1.54) is 7.11 Å². The lowest BCUT2D eigenvalue weighted by atomic mass is 10.1. The summed E-state index contributed by atoms with van der Waals surface area (Å²) in [5.74, 6) is -1.34. The van der Waals surface area contributed by atoms with Crippen molar-refractivity contribution in [1.82, 2.24) is 10.3 Å². The van der Waals surface area contributed by atoms with Crippen molar-refractivity contribution >= 4 is 17.8 Å². The van der Waals surface area contributed by atoms with E-state index >= 15 is 0 Å². The Morgan fingerprint density at radius 2 is 2.00 bits per heavy atom. The van der Waals surface area contributed by atoms with E-state index in [0.717, 1.165) is 5.56 Å². The minimum atomic E-state index is -0.524. The molecule has 0 aliphatic heterocycles. The highest BCUT2D eigenvalue weighted by atomic mass is 16.5. The van der Waals surface area contributed by atoms with E-state index in [1.54, 1.807) is 31.2 Å². The summed E-state index contributed by atoms with van der Waals surface area (Å²) in [5.41, 5.74) is 8.30. The van der Waals surface area contributed by atoms with Gasteiger partial charge in [0.05, 0.1) is 12.7 Å². The van der Waals surface area contributed by atoms with Crippen LogP contribution in [0.25, 0.3) is 0 Å². The summed E-state index contributed by atoms with van der Waals surface area (Å²) in [6.07, 6.45) is 0.569. The van der Waals surface area contributed by atoms with Crippen LogP contribution in [0.15, 0.2) is 24.3 Å². The molecule has 7 heteroatoms. The molecule has 132 valence electrons. The predicted octanol–water partition coefficient (Wildman–Crippen LogP) is 1.70. The molecule has 4 N–H and O–H groups in total. The molecule has 25 heavy (non-hydrogen) atoms. The molecule has 7 nitrogen and oxygen atoms in total. The van der Waals surface area contributed by atoms with Crippen LogP contribution in [0.5, 0.6) is 0 Å². The predicted molar refractivity (Wildman–Crippen MR) is 92.4 cm³/mol. The number of benzene rings is 1. The van der Waals surface area contributed by atoms with Gasteiger partial charge >= 0.3 is 5.97 Å². The number of aromatic nitrogens is 1. The Morgan fingerprint density at radius 1 is 1.28 bits per heavy atom. The van der Waals surface area contributed by atoms with Crippen molar-refractivity contribution in [2.75, 3.05) is 7.11 Å². The fraction of sp³-hybridized carbons (Fsp3) is 0.278. The first-order valence-electron chi connectivity index (χ1n) is 7.85. The lowest BCUT2D eigenvalue weighted by molar-refractivity contribution is 0.0598. The zero-order valence-electron chi connectivity index (χ0n) is 14.4. The molecule has 2 rings (SSSR count). The Hall–Kier alpha value is -3.09. The smallest absolute Gasteiger partial charge is 0.339 e. The highest BCUT2D eigenvalue weighted by molar-refractivity contribution is 6.00. The Morgan fingerprint density at radius 3 is 2.60 bits per heavy atom. The van der Waals surface area contributed by atoms with Crippen LogP contribution in [0, 0.1) is 6.92 Å². The average Bonchev–Trinajstić information content (AvgIpc) is 2.95. The molecule has 1 aromatic carbocycles. The molecule has 0 bridgehead atoms. The molecular formula is C18H21N3O4. The van der Waals surface area contributed by atoms with Crippen molar-refractivity contribution in [3.05, 3.63) is 57.9 Å². The number of H-pyrrole nitrogens is 1. The van der Waals surface area contributed by atoms with Gasteiger partial charge in [0.1, 0.15) is 5.69 Å². The fourth-order valence-corrected chi connectivity index (χ4v) is 2.63. The largest absolute Gasteiger partial charge is 0.465 e. The third-order valence-corrected chi connectivity index (χ3v) is 3.96. The van der Waals surface area contributed by atoms with E-state index < -0.39 is 11.9 Å². The van der Waals surface area contributed by atoms with Crippen LogP contribution in [-0.4, -0.2) is 29.9 Å². The second kappa shape index (κ2) is 7.65. The summed E-state index contributed by atoms with van der Waals surface area (Å²) in [4.78, 5) is 38.6. The minimum absolute atomic E-state index is 0.230. The average molecular weight is 343 g/mol. The summed E-state index contributed by atoms with van der Waals surface area (Å²) < 4.78 is 4.78. The first-order chi connectivity index (χ1) is 11.9. The van der Waals surface area contributed by atoms with Crippen LogP contribution in [0.4, 0.5) is 0 Å². The number of amides is 2. The van der Waals surface area contributed by atoms with E-state index in [2.05, 4.69) is 10.3 Å². The van der Waals surface area contributed by atoms with E-state index in [4.69, 9.17) is 10.5 Å². The van der Waals surface area contributed by atoms with Gasteiger partial charge < -0.3 is 20.8 Å². The molecule has 1 heterocycles. The van der Waals surface area contributed by atoms with Crippen molar-refractivity contribution in [3.8, 4) is 0 Å². The number of aryl methyl sites for hydroxylation is 1. The number of esters is 1. The van der Waals surface area contributed by atoms with Crippen molar-refractivity contribution in [2.24, 2.45) is 5.73 Å². The van der Waals surface area contributed by atoms with Crippen molar-refractivity contribution < 1.29 is 19.1 Å². The molecular weight excluding hydrogens is 322 g/mol. The molecule has 0 aliphatic carbocycles. The topological polar surface area (TPSA) is 114 Å². The molecule has 2 amide bonds. The van der Waals surface area contributed by atoms with Crippen LogP contribution in [0.2, 0.25) is 0 Å². The van der Waals surface area contributed by atoms with Gasteiger partial charge in [-0.2, -0.15) is 0 Å². The van der Waals surface area contributed by atoms with Crippen molar-refractivity contribution in [3.63, 3.8) is 0 Å². The second-order valence-corrected chi connectivity index (χ2v) is 5.57. The number of carbonyl (C=O) groups is 3. The zero-order chi connectivity index (χ0) is 18.6. The van der Waals surface area contributed by atoms with E-state index in [-0.39, 0.29) is 12.5 Å². The van der Waals surface area contributed by atoms with Gasteiger partial charge in [0.2, 0.25) is 5.91 Å². The lowest BCUT2D eigenvalue weighted by Gasteiger charge is -2.06. The monoisotopic (exact) mass is 343 g/mol. The lowest BCUT2D eigenvalue weighted by Crippen LogP contribution is -2.24. The molecule has 0 saturated heterocycles. The van der Waals surface area contributed by atoms with Gasteiger partial charge in [-0.25, -0.2) is 4.79 Å². The Bertz CT molecular complexity index is 824. The van der Waals surface area contributed by atoms with E-state index in [0.29, 0.717) is 34.5 Å². The summed E-state index contributed by atoms with van der Waals surface area (Å²) in [5, 5.41) is 2.77. The molecule has 0 aliphatic rings. The molecule has 0 radical (unpaired) electrons. The van der Waals surface area contributed by atoms with Crippen molar-refractivity contribution in [1.29, 1.82) is 0 Å². The number of hydrogen-bond donors (Lipinski definition) is 3. The molecule has 0 unspecified atom stereocenters. The summed E-state index contributed by atoms with van der Waals surface area (Å²) in [7, 11) is 1.31. The number of hydrogen-bond acceptors (Lipinski definition) is 4. The van der Waals surface area contributed by atoms with Crippen molar-refractivity contribution in [2.45, 2.75) is 26.8 Å². The van der Waals surface area contributed by atoms with Gasteiger partial charge in [0.15, 0.2) is 0 Å². The SMILES string of the molecule is CCc1[nH]c(C(=O)NCc2cccc(C(N)=O)c2)c(C)c1C(=O)OC. The molecule has 0 fully saturated rings. The Balaban J connectivity index is 2.19. The zero-order valence-corrected chi connectivity index (χ0v) is 14.4. The number of methoxy groups -OCH3 is 1. The van der Waals surface area contributed by atoms with Gasteiger partial charge in [-0.15, -0.1) is 0 Å². The number of carbonyl (C=O) groups excluding carboxylic acids is 3. The number of aromatic amines is 1. The van der Waals surface area contributed by atoms with E-state index in [9.17, 15) is 14.4 Å². The number of nitrogens with two attached hydrogens (primary N) is 1. The number of primary amides is 1. The van der Waals surface area contributed by atoms with Gasteiger partial charge in [0, 0.05) is 17.8 Å². The van der Waals surface area contributed by atoms with Gasteiger partial charge in [0.25, 0.3) is 5.91 Å². The highest BCUT2D eigenvalue weighted by Crippen LogP contribution is 2.20. The number of nitrogens with one attached hydrogen (secondary N) is 2. The Kier molecular flexibility index (Phi) is 5.59. The number of rotatable bonds is 6. The second-order valence-electron chi connectivity index (χ2n) is 5.57. The van der Waals surface area contributed by atoms with Crippen LogP contribution in [-0.2, 0) is 17.7 Å². The van der Waals surface area contributed by atoms with Gasteiger partial charge in [-0.1, -0.05) is 19.1 Å². The van der Waals surface area contributed by atoms with E-state index in [1.807, 2.05) is 6.92 Å². The first kappa shape index (κ1) is 18.3. The summed E-state index contributed by atoms with van der Waals surface area (Å²) in [6, 6.07) is 6.72. The molecule has 2 aromatic rings. The molecule has 0 spiro atoms. The maximum Gasteiger partial charge on any atom is 0.339 e.